The molecule has 0 fully saturated rings. The number of hydrogen-bond donors (Lipinski definition) is 0. The zero-order valence-electron chi connectivity index (χ0n) is 11.4. The summed E-state index contributed by atoms with van der Waals surface area (Å²) in [5.74, 6) is 1.78. The molecule has 2 aromatic heterocycles. The zero-order chi connectivity index (χ0) is 14.5. The number of rotatable bonds is 4. The van der Waals surface area contributed by atoms with Crippen molar-refractivity contribution in [3.05, 3.63) is 83.1 Å². The molecule has 0 N–H and O–H groups in total. The molecule has 0 radical (unpaired) electrons. The second-order valence-electron chi connectivity index (χ2n) is 4.59. The molecule has 0 amide bonds. The Labute approximate surface area is 132 Å². The van der Waals surface area contributed by atoms with Gasteiger partial charge in [-0.05, 0) is 42.0 Å². The Balaban J connectivity index is 1.95. The molecule has 3 rings (SSSR count). The molecule has 0 bridgehead atoms. The Bertz CT molecular complexity index is 645. The maximum atomic E-state index is 4.45. The number of nitrogens with zero attached hydrogens (tertiary/aromatic N) is 3. The van der Waals surface area contributed by atoms with Gasteiger partial charge in [-0.25, -0.2) is 9.97 Å². The Morgan fingerprint density at radius 2 is 1.33 bits per heavy atom. The van der Waals surface area contributed by atoms with Gasteiger partial charge in [0.25, 0.3) is 0 Å². The number of aromatic nitrogens is 2. The minimum atomic E-state index is 0.724. The quantitative estimate of drug-likeness (QED) is 0.696. The van der Waals surface area contributed by atoms with Gasteiger partial charge in [0.2, 0.25) is 0 Å². The summed E-state index contributed by atoms with van der Waals surface area (Å²) in [7, 11) is 0. The summed E-state index contributed by atoms with van der Waals surface area (Å²) in [5, 5.41) is 0. The summed E-state index contributed by atoms with van der Waals surface area (Å²) in [5.41, 5.74) is 1.20. The second-order valence-corrected chi connectivity index (χ2v) is 5.50. The maximum Gasteiger partial charge on any atom is 0.134 e. The summed E-state index contributed by atoms with van der Waals surface area (Å²) < 4.78 is 1.08. The molecule has 0 unspecified atom stereocenters. The van der Waals surface area contributed by atoms with E-state index in [1.807, 2.05) is 48.5 Å². The smallest absolute Gasteiger partial charge is 0.134 e. The Morgan fingerprint density at radius 3 is 1.81 bits per heavy atom. The van der Waals surface area contributed by atoms with Crippen molar-refractivity contribution in [3.8, 4) is 0 Å². The van der Waals surface area contributed by atoms with Crippen LogP contribution in [0.5, 0.6) is 0 Å². The third-order valence-electron chi connectivity index (χ3n) is 3.11. The standard InChI is InChI=1S/C17H14BrN3/c18-15-9-7-14(8-10-15)13-21(16-5-1-3-11-19-16)17-6-2-4-12-20-17/h1-12H,13H2. The van der Waals surface area contributed by atoms with Crippen molar-refractivity contribution in [2.75, 3.05) is 4.90 Å². The number of anilines is 2. The van der Waals surface area contributed by atoms with Crippen LogP contribution < -0.4 is 4.90 Å². The molecule has 1 aromatic carbocycles. The summed E-state index contributed by atoms with van der Waals surface area (Å²) >= 11 is 3.46. The SMILES string of the molecule is Brc1ccc(CN(c2ccccn2)c2ccccn2)cc1. The number of benzene rings is 1. The van der Waals surface area contributed by atoms with Gasteiger partial charge in [-0.2, -0.15) is 0 Å². The second kappa shape index (κ2) is 6.50. The van der Waals surface area contributed by atoms with E-state index in [2.05, 4.69) is 42.9 Å². The van der Waals surface area contributed by atoms with Crippen molar-refractivity contribution in [1.29, 1.82) is 0 Å². The fourth-order valence-corrected chi connectivity index (χ4v) is 2.34. The highest BCUT2D eigenvalue weighted by atomic mass is 79.9. The molecule has 0 aliphatic rings. The molecule has 2 heterocycles. The van der Waals surface area contributed by atoms with Crippen LogP contribution in [0.15, 0.2) is 77.5 Å². The highest BCUT2D eigenvalue weighted by molar-refractivity contribution is 9.10. The van der Waals surface area contributed by atoms with Crippen molar-refractivity contribution >= 4 is 27.6 Å². The van der Waals surface area contributed by atoms with E-state index >= 15 is 0 Å². The van der Waals surface area contributed by atoms with E-state index in [1.165, 1.54) is 5.56 Å². The Kier molecular flexibility index (Phi) is 4.26. The van der Waals surface area contributed by atoms with Crippen LogP contribution in [0, 0.1) is 0 Å². The van der Waals surface area contributed by atoms with E-state index in [1.54, 1.807) is 12.4 Å². The van der Waals surface area contributed by atoms with Gasteiger partial charge < -0.3 is 4.90 Å². The van der Waals surface area contributed by atoms with Gasteiger partial charge >= 0.3 is 0 Å². The van der Waals surface area contributed by atoms with Gasteiger partial charge in [0.05, 0.1) is 6.54 Å². The van der Waals surface area contributed by atoms with Crippen LogP contribution in [0.25, 0.3) is 0 Å². The summed E-state index contributed by atoms with van der Waals surface area (Å²) in [6.45, 7) is 0.724. The van der Waals surface area contributed by atoms with Gasteiger partial charge in [-0.15, -0.1) is 0 Å². The molecule has 4 heteroatoms. The van der Waals surface area contributed by atoms with Crippen molar-refractivity contribution in [3.63, 3.8) is 0 Å². The van der Waals surface area contributed by atoms with E-state index in [9.17, 15) is 0 Å². The molecule has 0 spiro atoms. The zero-order valence-corrected chi connectivity index (χ0v) is 12.9. The fraction of sp³-hybridized carbons (Fsp3) is 0.0588. The van der Waals surface area contributed by atoms with E-state index in [0.717, 1.165) is 22.7 Å². The molecule has 0 saturated heterocycles. The van der Waals surface area contributed by atoms with Crippen LogP contribution in [-0.4, -0.2) is 9.97 Å². The number of hydrogen-bond acceptors (Lipinski definition) is 3. The highest BCUT2D eigenvalue weighted by Gasteiger charge is 2.11. The molecule has 104 valence electrons. The minimum absolute atomic E-state index is 0.724. The monoisotopic (exact) mass is 339 g/mol. The molecule has 21 heavy (non-hydrogen) atoms. The first-order chi connectivity index (χ1) is 10.3. The lowest BCUT2D eigenvalue weighted by Crippen LogP contribution is -2.18. The first kappa shape index (κ1) is 13.8. The van der Waals surface area contributed by atoms with Crippen LogP contribution in [0.3, 0.4) is 0 Å². The average Bonchev–Trinajstić information content (AvgIpc) is 2.56. The Morgan fingerprint density at radius 1 is 0.762 bits per heavy atom. The predicted molar refractivity (Wildman–Crippen MR) is 88.5 cm³/mol. The molecular formula is C17H14BrN3. The van der Waals surface area contributed by atoms with Crippen molar-refractivity contribution in [2.24, 2.45) is 0 Å². The number of pyridine rings is 2. The van der Waals surface area contributed by atoms with Crippen LogP contribution >= 0.6 is 15.9 Å². The third-order valence-corrected chi connectivity index (χ3v) is 3.63. The first-order valence-electron chi connectivity index (χ1n) is 6.67. The molecule has 3 nitrogen and oxygen atoms in total. The first-order valence-corrected chi connectivity index (χ1v) is 7.46. The molecule has 0 saturated carbocycles. The van der Waals surface area contributed by atoms with Gasteiger partial charge in [0, 0.05) is 16.9 Å². The van der Waals surface area contributed by atoms with Crippen molar-refractivity contribution in [2.45, 2.75) is 6.54 Å². The van der Waals surface area contributed by atoms with Gasteiger partial charge in [-0.1, -0.05) is 40.2 Å². The summed E-state index contributed by atoms with van der Waals surface area (Å²) in [6.07, 6.45) is 3.60. The number of halogens is 1. The van der Waals surface area contributed by atoms with Crippen LogP contribution in [0.2, 0.25) is 0 Å². The van der Waals surface area contributed by atoms with Crippen LogP contribution in [0.1, 0.15) is 5.56 Å². The van der Waals surface area contributed by atoms with Gasteiger partial charge in [0.15, 0.2) is 0 Å². The van der Waals surface area contributed by atoms with Gasteiger partial charge in [0.1, 0.15) is 11.6 Å². The third kappa shape index (κ3) is 3.47. The topological polar surface area (TPSA) is 29.0 Å². The molecule has 3 aromatic rings. The lowest BCUT2D eigenvalue weighted by molar-refractivity contribution is 0.922. The molecule has 0 aliphatic carbocycles. The van der Waals surface area contributed by atoms with E-state index < -0.39 is 0 Å². The predicted octanol–water partition coefficient (Wildman–Crippen LogP) is 4.58. The molecule has 0 atom stereocenters. The van der Waals surface area contributed by atoms with Crippen molar-refractivity contribution in [1.82, 2.24) is 9.97 Å². The Hall–Kier alpha value is -2.20. The fourth-order valence-electron chi connectivity index (χ4n) is 2.08. The summed E-state index contributed by atoms with van der Waals surface area (Å²) in [6, 6.07) is 20.1. The highest BCUT2D eigenvalue weighted by Crippen LogP contribution is 2.24. The van der Waals surface area contributed by atoms with Crippen LogP contribution in [-0.2, 0) is 6.54 Å². The average molecular weight is 340 g/mol. The normalized spacial score (nSPS) is 10.3. The maximum absolute atomic E-state index is 4.45. The van der Waals surface area contributed by atoms with E-state index in [-0.39, 0.29) is 0 Å². The van der Waals surface area contributed by atoms with E-state index in [4.69, 9.17) is 0 Å². The van der Waals surface area contributed by atoms with Crippen molar-refractivity contribution < 1.29 is 0 Å². The largest absolute Gasteiger partial charge is 0.307 e. The van der Waals surface area contributed by atoms with Gasteiger partial charge in [-0.3, -0.25) is 0 Å². The molecular weight excluding hydrogens is 326 g/mol. The van der Waals surface area contributed by atoms with E-state index in [0.29, 0.717) is 0 Å². The minimum Gasteiger partial charge on any atom is -0.307 e. The lowest BCUT2D eigenvalue weighted by atomic mass is 10.2. The lowest BCUT2D eigenvalue weighted by Gasteiger charge is -2.22. The summed E-state index contributed by atoms with van der Waals surface area (Å²) in [4.78, 5) is 11.0. The van der Waals surface area contributed by atoms with Crippen LogP contribution in [0.4, 0.5) is 11.6 Å². The molecule has 0 aliphatic heterocycles.